The van der Waals surface area contributed by atoms with Gasteiger partial charge in [-0.2, -0.15) is 0 Å². The fourth-order valence-corrected chi connectivity index (χ4v) is 2.17. The molecule has 2 nitrogen and oxygen atoms in total. The van der Waals surface area contributed by atoms with Gasteiger partial charge in [-0.25, -0.2) is 0 Å². The first kappa shape index (κ1) is 20.6. The molecule has 2 aromatic carbocycles. The quantitative estimate of drug-likeness (QED) is 0.612. The standard InChI is InChI=1S/C12H11NO.C3H7Cl.2C2H6/c14-12-7-11-9(5-6-13-11)8-3-1-2-4-10(8)12;1-2-3-4;2*1-2/h1-4,7,13-14H,5-6H2;2-3H2,1H3;2*1-2H3. The highest BCUT2D eigenvalue weighted by Crippen LogP contribution is 2.36. The molecule has 1 heterocycles. The van der Waals surface area contributed by atoms with E-state index >= 15 is 0 Å². The Kier molecular flexibility index (Phi) is 11.4. The number of rotatable bonds is 1. The summed E-state index contributed by atoms with van der Waals surface area (Å²) >= 11 is 5.19. The van der Waals surface area contributed by atoms with Crippen LogP contribution in [0.15, 0.2) is 30.3 Å². The Morgan fingerprint density at radius 1 is 1.09 bits per heavy atom. The number of phenolic OH excluding ortho intramolecular Hbond substituents is 1. The summed E-state index contributed by atoms with van der Waals surface area (Å²) in [7, 11) is 0. The number of aromatic hydroxyl groups is 1. The van der Waals surface area contributed by atoms with Crippen molar-refractivity contribution in [1.82, 2.24) is 0 Å². The minimum absolute atomic E-state index is 0.369. The number of hydrogen-bond acceptors (Lipinski definition) is 2. The SMILES string of the molecule is CC.CC.CCCCl.Oc1cc2c(c3ccccc13)CCN2. The van der Waals surface area contributed by atoms with Crippen LogP contribution in [-0.4, -0.2) is 17.5 Å². The maximum Gasteiger partial charge on any atom is 0.125 e. The zero-order valence-corrected chi connectivity index (χ0v) is 15.3. The van der Waals surface area contributed by atoms with Crippen LogP contribution in [0.2, 0.25) is 0 Å². The first-order valence-electron chi connectivity index (χ1n) is 8.31. The van der Waals surface area contributed by atoms with E-state index in [0.29, 0.717) is 5.75 Å². The molecule has 1 aliphatic rings. The molecule has 0 aliphatic carbocycles. The number of alkyl halides is 1. The van der Waals surface area contributed by atoms with Crippen molar-refractivity contribution >= 4 is 28.1 Å². The van der Waals surface area contributed by atoms with Crippen LogP contribution in [-0.2, 0) is 6.42 Å². The third kappa shape index (κ3) is 5.42. The molecule has 0 fully saturated rings. The monoisotopic (exact) mass is 323 g/mol. The molecule has 0 atom stereocenters. The van der Waals surface area contributed by atoms with Gasteiger partial charge in [-0.15, -0.1) is 11.6 Å². The average molecular weight is 324 g/mol. The Morgan fingerprint density at radius 2 is 1.64 bits per heavy atom. The first-order valence-corrected chi connectivity index (χ1v) is 8.84. The van der Waals surface area contributed by atoms with E-state index in [1.807, 2.05) is 58.9 Å². The van der Waals surface area contributed by atoms with Crippen molar-refractivity contribution in [1.29, 1.82) is 0 Å². The fraction of sp³-hybridized carbons (Fsp3) is 0.474. The van der Waals surface area contributed by atoms with Crippen LogP contribution < -0.4 is 5.32 Å². The molecule has 0 aromatic heterocycles. The predicted molar refractivity (Wildman–Crippen MR) is 102 cm³/mol. The lowest BCUT2D eigenvalue weighted by Crippen LogP contribution is -1.90. The van der Waals surface area contributed by atoms with Gasteiger partial charge in [-0.1, -0.05) is 58.9 Å². The van der Waals surface area contributed by atoms with Crippen LogP contribution in [0.1, 0.15) is 46.6 Å². The number of anilines is 1. The molecule has 0 unspecified atom stereocenters. The molecule has 0 radical (unpaired) electrons. The summed E-state index contributed by atoms with van der Waals surface area (Å²) in [6.45, 7) is 11.0. The Bertz CT molecular complexity index is 538. The van der Waals surface area contributed by atoms with Crippen molar-refractivity contribution in [3.63, 3.8) is 0 Å². The molecule has 1 aliphatic heterocycles. The normalized spacial score (nSPS) is 10.8. The minimum Gasteiger partial charge on any atom is -0.507 e. The summed E-state index contributed by atoms with van der Waals surface area (Å²) in [4.78, 5) is 0. The Balaban J connectivity index is 0.000000476. The van der Waals surface area contributed by atoms with E-state index in [0.717, 1.165) is 36.3 Å². The number of fused-ring (bicyclic) bond motifs is 3. The van der Waals surface area contributed by atoms with Crippen LogP contribution in [0.3, 0.4) is 0 Å². The predicted octanol–water partition coefficient (Wildman–Crippen LogP) is 6.20. The van der Waals surface area contributed by atoms with E-state index in [-0.39, 0.29) is 0 Å². The van der Waals surface area contributed by atoms with E-state index in [9.17, 15) is 5.11 Å². The lowest BCUT2D eigenvalue weighted by molar-refractivity contribution is 0.482. The van der Waals surface area contributed by atoms with Crippen LogP contribution >= 0.6 is 11.6 Å². The Labute approximate surface area is 140 Å². The van der Waals surface area contributed by atoms with E-state index in [1.165, 1.54) is 10.9 Å². The number of nitrogens with one attached hydrogen (secondary N) is 1. The summed E-state index contributed by atoms with van der Waals surface area (Å²) in [6, 6.07) is 9.83. The van der Waals surface area contributed by atoms with Gasteiger partial charge in [0, 0.05) is 29.6 Å². The van der Waals surface area contributed by atoms with Crippen molar-refractivity contribution in [2.45, 2.75) is 47.5 Å². The van der Waals surface area contributed by atoms with E-state index in [1.54, 1.807) is 0 Å². The highest BCUT2D eigenvalue weighted by Gasteiger charge is 2.15. The molecule has 0 saturated carbocycles. The summed E-state index contributed by atoms with van der Waals surface area (Å²) in [6.07, 6.45) is 2.14. The summed E-state index contributed by atoms with van der Waals surface area (Å²) in [5.41, 5.74) is 2.42. The van der Waals surface area contributed by atoms with Crippen molar-refractivity contribution in [2.24, 2.45) is 0 Å². The molecule has 0 bridgehead atoms. The molecule has 2 aromatic rings. The van der Waals surface area contributed by atoms with Crippen LogP contribution in [0, 0.1) is 0 Å². The van der Waals surface area contributed by atoms with Crippen LogP contribution in [0.5, 0.6) is 5.75 Å². The second kappa shape index (κ2) is 12.2. The molecule has 124 valence electrons. The molecule has 0 saturated heterocycles. The van der Waals surface area contributed by atoms with Crippen LogP contribution in [0.25, 0.3) is 10.8 Å². The van der Waals surface area contributed by atoms with Gasteiger partial charge in [0.05, 0.1) is 0 Å². The largest absolute Gasteiger partial charge is 0.507 e. The highest BCUT2D eigenvalue weighted by atomic mass is 35.5. The average Bonchev–Trinajstić information content (AvgIpc) is 3.07. The molecule has 2 N–H and O–H groups in total. The van der Waals surface area contributed by atoms with Crippen molar-refractivity contribution in [2.75, 3.05) is 17.7 Å². The summed E-state index contributed by atoms with van der Waals surface area (Å²) in [5.74, 6) is 1.16. The smallest absolute Gasteiger partial charge is 0.125 e. The molecule has 0 spiro atoms. The Morgan fingerprint density at radius 3 is 2.18 bits per heavy atom. The molecular formula is C19H30ClNO. The van der Waals surface area contributed by atoms with Crippen molar-refractivity contribution in [3.8, 4) is 5.75 Å². The van der Waals surface area contributed by atoms with Crippen molar-refractivity contribution < 1.29 is 5.11 Å². The summed E-state index contributed by atoms with van der Waals surface area (Å²) < 4.78 is 0. The van der Waals surface area contributed by atoms with Gasteiger partial charge in [-0.05, 0) is 23.8 Å². The van der Waals surface area contributed by atoms with Crippen molar-refractivity contribution in [3.05, 3.63) is 35.9 Å². The number of phenols is 1. The molecule has 3 rings (SSSR count). The lowest BCUT2D eigenvalue weighted by atomic mass is 10.0. The topological polar surface area (TPSA) is 32.3 Å². The maximum absolute atomic E-state index is 9.80. The van der Waals surface area contributed by atoms with Gasteiger partial charge in [-0.3, -0.25) is 0 Å². The van der Waals surface area contributed by atoms with E-state index in [4.69, 9.17) is 11.6 Å². The van der Waals surface area contributed by atoms with E-state index in [2.05, 4.69) is 11.4 Å². The van der Waals surface area contributed by atoms with Gasteiger partial charge in [0.25, 0.3) is 0 Å². The van der Waals surface area contributed by atoms with Gasteiger partial charge in [0.2, 0.25) is 0 Å². The zero-order valence-electron chi connectivity index (χ0n) is 14.5. The van der Waals surface area contributed by atoms with Gasteiger partial charge in [0.1, 0.15) is 5.75 Å². The number of benzene rings is 2. The third-order valence-corrected chi connectivity index (χ3v) is 3.39. The van der Waals surface area contributed by atoms with Gasteiger partial charge >= 0.3 is 0 Å². The first-order chi connectivity index (χ1) is 10.8. The van der Waals surface area contributed by atoms with E-state index < -0.39 is 0 Å². The fourth-order valence-electron chi connectivity index (χ4n) is 2.17. The second-order valence-corrected chi connectivity index (χ2v) is 4.71. The molecule has 3 heteroatoms. The minimum atomic E-state index is 0.369. The summed E-state index contributed by atoms with van der Waals surface area (Å²) in [5, 5.41) is 15.2. The third-order valence-electron chi connectivity index (χ3n) is 3.01. The maximum atomic E-state index is 9.80. The second-order valence-electron chi connectivity index (χ2n) is 4.33. The van der Waals surface area contributed by atoms with Crippen LogP contribution in [0.4, 0.5) is 5.69 Å². The number of halogens is 1. The lowest BCUT2D eigenvalue weighted by Gasteiger charge is -2.06. The Hall–Kier alpha value is -1.41. The zero-order chi connectivity index (χ0) is 17.0. The molecule has 22 heavy (non-hydrogen) atoms. The van der Waals surface area contributed by atoms with Gasteiger partial charge < -0.3 is 10.4 Å². The molecule has 0 amide bonds. The highest BCUT2D eigenvalue weighted by molar-refractivity contribution is 6.17. The molecular weight excluding hydrogens is 294 g/mol. The number of hydrogen-bond donors (Lipinski definition) is 2. The van der Waals surface area contributed by atoms with Gasteiger partial charge in [0.15, 0.2) is 0 Å².